The minimum atomic E-state index is -0.133. The van der Waals surface area contributed by atoms with E-state index in [0.717, 1.165) is 17.7 Å². The number of hydrogen-bond acceptors (Lipinski definition) is 4. The van der Waals surface area contributed by atoms with Gasteiger partial charge in [-0.25, -0.2) is 0 Å². The molecular weight excluding hydrogens is 316 g/mol. The Morgan fingerprint density at radius 3 is 2.68 bits per heavy atom. The Hall–Kier alpha value is -2.99. The first-order valence-electron chi connectivity index (χ1n) is 8.18. The molecule has 25 heavy (non-hydrogen) atoms. The molecule has 3 rings (SSSR count). The summed E-state index contributed by atoms with van der Waals surface area (Å²) >= 11 is 0. The number of amides is 1. The lowest BCUT2D eigenvalue weighted by Gasteiger charge is -2.06. The van der Waals surface area contributed by atoms with Crippen LogP contribution in [0.2, 0.25) is 0 Å². The van der Waals surface area contributed by atoms with Crippen LogP contribution < -0.4 is 5.32 Å². The Kier molecular flexibility index (Phi) is 5.53. The highest BCUT2D eigenvalue weighted by molar-refractivity contribution is 5.94. The van der Waals surface area contributed by atoms with Crippen molar-refractivity contribution in [3.8, 4) is 11.3 Å². The second-order valence-corrected chi connectivity index (χ2v) is 5.64. The normalized spacial score (nSPS) is 10.6. The molecule has 1 amide bonds. The summed E-state index contributed by atoms with van der Waals surface area (Å²) in [5, 5.41) is 16.0. The standard InChI is InChI=1S/C19H20N4O2/c24-11-10-23-14-17(13-22-23)18-7-6-16(12-21-18)19(25)20-9-8-15-4-2-1-3-5-15/h1-7,12-14,24H,8-11H2,(H,20,25). The molecule has 6 heteroatoms. The van der Waals surface area contributed by atoms with Crippen molar-refractivity contribution >= 4 is 5.91 Å². The molecule has 0 fully saturated rings. The third-order valence-corrected chi connectivity index (χ3v) is 3.83. The van der Waals surface area contributed by atoms with Gasteiger partial charge in [0, 0.05) is 24.5 Å². The Morgan fingerprint density at radius 1 is 1.12 bits per heavy atom. The van der Waals surface area contributed by atoms with Crippen molar-refractivity contribution in [1.29, 1.82) is 0 Å². The number of benzene rings is 1. The lowest BCUT2D eigenvalue weighted by Crippen LogP contribution is -2.25. The van der Waals surface area contributed by atoms with Gasteiger partial charge in [-0.1, -0.05) is 30.3 Å². The van der Waals surface area contributed by atoms with Gasteiger partial charge in [0.25, 0.3) is 5.91 Å². The van der Waals surface area contributed by atoms with Crippen LogP contribution in [0.5, 0.6) is 0 Å². The van der Waals surface area contributed by atoms with Gasteiger partial charge in [-0.05, 0) is 24.1 Å². The molecule has 1 aromatic carbocycles. The second kappa shape index (κ2) is 8.21. The van der Waals surface area contributed by atoms with Crippen LogP contribution in [0, 0.1) is 0 Å². The van der Waals surface area contributed by atoms with Crippen molar-refractivity contribution in [2.24, 2.45) is 0 Å². The number of aliphatic hydroxyl groups is 1. The van der Waals surface area contributed by atoms with Gasteiger partial charge in [0.15, 0.2) is 0 Å². The molecule has 0 saturated carbocycles. The van der Waals surface area contributed by atoms with E-state index in [-0.39, 0.29) is 12.5 Å². The fraction of sp³-hybridized carbons (Fsp3) is 0.211. The number of nitrogens with one attached hydrogen (secondary N) is 1. The lowest BCUT2D eigenvalue weighted by molar-refractivity contribution is 0.0954. The first-order chi connectivity index (χ1) is 12.3. The van der Waals surface area contributed by atoms with Crippen LogP contribution >= 0.6 is 0 Å². The number of hydrogen-bond donors (Lipinski definition) is 2. The molecule has 0 bridgehead atoms. The van der Waals surface area contributed by atoms with Gasteiger partial charge in [-0.15, -0.1) is 0 Å². The zero-order valence-electron chi connectivity index (χ0n) is 13.8. The van der Waals surface area contributed by atoms with Gasteiger partial charge >= 0.3 is 0 Å². The molecular formula is C19H20N4O2. The molecule has 0 spiro atoms. The topological polar surface area (TPSA) is 80.0 Å². The summed E-state index contributed by atoms with van der Waals surface area (Å²) in [5.41, 5.74) is 3.31. The highest BCUT2D eigenvalue weighted by Crippen LogP contribution is 2.16. The number of pyridine rings is 1. The predicted molar refractivity (Wildman–Crippen MR) is 95.0 cm³/mol. The van der Waals surface area contributed by atoms with Crippen molar-refractivity contribution in [3.63, 3.8) is 0 Å². The molecule has 2 aromatic heterocycles. The summed E-state index contributed by atoms with van der Waals surface area (Å²) in [6.07, 6.45) is 5.87. The Bertz CT molecular complexity index is 813. The van der Waals surface area contributed by atoms with Crippen LogP contribution in [0.4, 0.5) is 0 Å². The maximum atomic E-state index is 12.2. The number of aromatic nitrogens is 3. The summed E-state index contributed by atoms with van der Waals surface area (Å²) in [6, 6.07) is 13.6. The molecule has 0 saturated heterocycles. The number of rotatable bonds is 7. The summed E-state index contributed by atoms with van der Waals surface area (Å²) in [6.45, 7) is 1.07. The first kappa shape index (κ1) is 16.9. The summed E-state index contributed by atoms with van der Waals surface area (Å²) in [4.78, 5) is 16.5. The van der Waals surface area contributed by atoms with E-state index in [4.69, 9.17) is 5.11 Å². The number of carbonyl (C=O) groups is 1. The van der Waals surface area contributed by atoms with Gasteiger partial charge in [0.2, 0.25) is 0 Å². The van der Waals surface area contributed by atoms with Gasteiger partial charge in [-0.3, -0.25) is 14.5 Å². The summed E-state index contributed by atoms with van der Waals surface area (Å²) in [5.74, 6) is -0.133. The van der Waals surface area contributed by atoms with Crippen molar-refractivity contribution in [2.45, 2.75) is 13.0 Å². The third-order valence-electron chi connectivity index (χ3n) is 3.83. The zero-order chi connectivity index (χ0) is 17.5. The largest absolute Gasteiger partial charge is 0.394 e. The van der Waals surface area contributed by atoms with E-state index in [1.165, 1.54) is 5.56 Å². The van der Waals surface area contributed by atoms with Crippen molar-refractivity contribution in [3.05, 3.63) is 72.2 Å². The predicted octanol–water partition coefficient (Wildman–Crippen LogP) is 1.91. The van der Waals surface area contributed by atoms with E-state index < -0.39 is 0 Å². The Balaban J connectivity index is 1.56. The molecule has 0 aliphatic rings. The third kappa shape index (κ3) is 4.51. The van der Waals surface area contributed by atoms with Gasteiger partial charge in [0.1, 0.15) is 0 Å². The van der Waals surface area contributed by atoms with Crippen LogP contribution in [0.1, 0.15) is 15.9 Å². The van der Waals surface area contributed by atoms with Crippen LogP contribution in [0.25, 0.3) is 11.3 Å². The van der Waals surface area contributed by atoms with Crippen molar-refractivity contribution in [1.82, 2.24) is 20.1 Å². The van der Waals surface area contributed by atoms with Crippen LogP contribution in [-0.4, -0.2) is 38.9 Å². The molecule has 0 aliphatic carbocycles. The first-order valence-corrected chi connectivity index (χ1v) is 8.18. The van der Waals surface area contributed by atoms with Gasteiger partial charge in [0.05, 0.1) is 30.6 Å². The van der Waals surface area contributed by atoms with E-state index >= 15 is 0 Å². The number of carbonyl (C=O) groups excluding carboxylic acids is 1. The van der Waals surface area contributed by atoms with E-state index in [0.29, 0.717) is 18.7 Å². The van der Waals surface area contributed by atoms with Crippen molar-refractivity contribution in [2.75, 3.05) is 13.2 Å². The molecule has 0 unspecified atom stereocenters. The van der Waals surface area contributed by atoms with E-state index in [1.807, 2.05) is 36.5 Å². The molecule has 0 radical (unpaired) electrons. The lowest BCUT2D eigenvalue weighted by atomic mass is 10.1. The smallest absolute Gasteiger partial charge is 0.252 e. The maximum absolute atomic E-state index is 12.2. The maximum Gasteiger partial charge on any atom is 0.252 e. The minimum absolute atomic E-state index is 0.0383. The molecule has 0 aliphatic heterocycles. The van der Waals surface area contributed by atoms with Crippen LogP contribution in [-0.2, 0) is 13.0 Å². The Morgan fingerprint density at radius 2 is 1.96 bits per heavy atom. The quantitative estimate of drug-likeness (QED) is 0.691. The highest BCUT2D eigenvalue weighted by Gasteiger charge is 2.08. The molecule has 0 atom stereocenters. The monoisotopic (exact) mass is 336 g/mol. The fourth-order valence-corrected chi connectivity index (χ4v) is 2.49. The molecule has 2 heterocycles. The number of nitrogens with zero attached hydrogens (tertiary/aromatic N) is 3. The van der Waals surface area contributed by atoms with E-state index in [1.54, 1.807) is 29.2 Å². The summed E-state index contributed by atoms with van der Waals surface area (Å²) in [7, 11) is 0. The fourth-order valence-electron chi connectivity index (χ4n) is 2.49. The van der Waals surface area contributed by atoms with Gasteiger partial charge < -0.3 is 10.4 Å². The van der Waals surface area contributed by atoms with Gasteiger partial charge in [-0.2, -0.15) is 5.10 Å². The van der Waals surface area contributed by atoms with Crippen molar-refractivity contribution < 1.29 is 9.90 Å². The average Bonchev–Trinajstić information content (AvgIpc) is 3.12. The SMILES string of the molecule is O=C(NCCc1ccccc1)c1ccc(-c2cnn(CCO)c2)nc1. The zero-order valence-corrected chi connectivity index (χ0v) is 13.8. The van der Waals surface area contributed by atoms with E-state index in [9.17, 15) is 4.79 Å². The van der Waals surface area contributed by atoms with Crippen LogP contribution in [0.3, 0.4) is 0 Å². The average molecular weight is 336 g/mol. The molecule has 6 nitrogen and oxygen atoms in total. The minimum Gasteiger partial charge on any atom is -0.394 e. The second-order valence-electron chi connectivity index (χ2n) is 5.64. The molecule has 128 valence electrons. The number of aliphatic hydroxyl groups excluding tert-OH is 1. The molecule has 3 aromatic rings. The Labute approximate surface area is 146 Å². The van der Waals surface area contributed by atoms with E-state index in [2.05, 4.69) is 15.4 Å². The summed E-state index contributed by atoms with van der Waals surface area (Å²) < 4.78 is 1.65. The van der Waals surface area contributed by atoms with Crippen LogP contribution in [0.15, 0.2) is 61.1 Å². The molecule has 2 N–H and O–H groups in total. The highest BCUT2D eigenvalue weighted by atomic mass is 16.3.